The van der Waals surface area contributed by atoms with Crippen molar-refractivity contribution in [3.05, 3.63) is 23.5 Å². The van der Waals surface area contributed by atoms with Crippen LogP contribution in [-0.4, -0.2) is 16.9 Å². The van der Waals surface area contributed by atoms with Crippen molar-refractivity contribution in [1.29, 1.82) is 0 Å². The molecule has 4 nitrogen and oxygen atoms in total. The predicted octanol–water partition coefficient (Wildman–Crippen LogP) is 2.05. The summed E-state index contributed by atoms with van der Waals surface area (Å²) in [5.74, 6) is -0.262. The average molecular weight is 242 g/mol. The molecule has 1 amide bonds. The fourth-order valence-electron chi connectivity index (χ4n) is 1.08. The minimum atomic E-state index is -0.594. The number of carbonyl (C=O) groups is 1. The molecular weight excluding hydrogens is 226 g/mol. The van der Waals surface area contributed by atoms with Crippen LogP contribution in [-0.2, 0) is 4.79 Å². The highest BCUT2D eigenvalue weighted by Crippen LogP contribution is 2.21. The highest BCUT2D eigenvalue weighted by Gasteiger charge is 2.27. The van der Waals surface area contributed by atoms with Crippen molar-refractivity contribution in [2.24, 2.45) is 11.1 Å². The molecule has 0 aliphatic rings. The van der Waals surface area contributed by atoms with E-state index in [2.05, 4.69) is 10.3 Å². The van der Waals surface area contributed by atoms with E-state index >= 15 is 0 Å². The minimum Gasteiger partial charge on any atom is -0.322 e. The first kappa shape index (κ1) is 12.9. The number of pyridine rings is 1. The molecule has 0 aromatic carbocycles. The SMILES string of the molecule is CC(C)(C)[C@@H](N)C(=O)Nc1cccnc1Cl. The van der Waals surface area contributed by atoms with Crippen molar-refractivity contribution >= 4 is 23.2 Å². The molecule has 0 saturated carbocycles. The number of halogens is 1. The Kier molecular flexibility index (Phi) is 3.88. The minimum absolute atomic E-state index is 0.261. The van der Waals surface area contributed by atoms with Crippen LogP contribution < -0.4 is 11.1 Å². The van der Waals surface area contributed by atoms with Crippen LogP contribution in [0, 0.1) is 5.41 Å². The normalized spacial score (nSPS) is 13.3. The molecule has 0 aliphatic carbocycles. The highest BCUT2D eigenvalue weighted by atomic mass is 35.5. The van der Waals surface area contributed by atoms with E-state index in [4.69, 9.17) is 17.3 Å². The van der Waals surface area contributed by atoms with Crippen LogP contribution in [0.25, 0.3) is 0 Å². The maximum Gasteiger partial charge on any atom is 0.241 e. The number of carbonyl (C=O) groups excluding carboxylic acids is 1. The molecule has 88 valence electrons. The lowest BCUT2D eigenvalue weighted by atomic mass is 9.87. The lowest BCUT2D eigenvalue weighted by Crippen LogP contribution is -2.45. The smallest absolute Gasteiger partial charge is 0.241 e. The second-order valence-corrected chi connectivity index (χ2v) is 5.03. The van der Waals surface area contributed by atoms with Crippen molar-refractivity contribution in [2.75, 3.05) is 5.32 Å². The number of rotatable bonds is 2. The van der Waals surface area contributed by atoms with E-state index in [1.807, 2.05) is 20.8 Å². The Labute approximate surface area is 100 Å². The molecule has 0 aliphatic heterocycles. The van der Waals surface area contributed by atoms with Gasteiger partial charge in [-0.2, -0.15) is 0 Å². The zero-order valence-electron chi connectivity index (χ0n) is 9.62. The number of amides is 1. The van der Waals surface area contributed by atoms with E-state index < -0.39 is 6.04 Å². The third-order valence-electron chi connectivity index (χ3n) is 2.23. The van der Waals surface area contributed by atoms with Gasteiger partial charge in [-0.05, 0) is 17.5 Å². The van der Waals surface area contributed by atoms with Gasteiger partial charge < -0.3 is 11.1 Å². The summed E-state index contributed by atoms with van der Waals surface area (Å²) in [6.45, 7) is 5.71. The summed E-state index contributed by atoms with van der Waals surface area (Å²) in [6.07, 6.45) is 1.56. The molecule has 0 bridgehead atoms. The van der Waals surface area contributed by atoms with E-state index in [9.17, 15) is 4.79 Å². The lowest BCUT2D eigenvalue weighted by molar-refractivity contribution is -0.119. The Bertz CT molecular complexity index is 387. The quantitative estimate of drug-likeness (QED) is 0.779. The molecule has 5 heteroatoms. The first-order valence-corrected chi connectivity index (χ1v) is 5.37. The Hall–Kier alpha value is -1.13. The maximum atomic E-state index is 11.8. The van der Waals surface area contributed by atoms with Crippen LogP contribution in [0.3, 0.4) is 0 Å². The molecule has 0 saturated heterocycles. The second kappa shape index (κ2) is 4.80. The molecule has 0 spiro atoms. The molecule has 1 rings (SSSR count). The van der Waals surface area contributed by atoms with E-state index in [-0.39, 0.29) is 16.5 Å². The molecule has 0 unspecified atom stereocenters. The third-order valence-corrected chi connectivity index (χ3v) is 2.53. The first-order valence-electron chi connectivity index (χ1n) is 4.99. The Balaban J connectivity index is 2.76. The van der Waals surface area contributed by atoms with Crippen molar-refractivity contribution in [3.63, 3.8) is 0 Å². The summed E-state index contributed by atoms with van der Waals surface area (Å²) in [5, 5.41) is 2.92. The number of nitrogens with zero attached hydrogens (tertiary/aromatic N) is 1. The fourth-order valence-corrected chi connectivity index (χ4v) is 1.25. The topological polar surface area (TPSA) is 68.0 Å². The van der Waals surface area contributed by atoms with Crippen molar-refractivity contribution < 1.29 is 4.79 Å². The number of aromatic nitrogens is 1. The van der Waals surface area contributed by atoms with Crippen molar-refractivity contribution in [1.82, 2.24) is 4.98 Å². The molecule has 1 heterocycles. The number of nitrogens with two attached hydrogens (primary N) is 1. The summed E-state index contributed by atoms with van der Waals surface area (Å²) in [6, 6.07) is 2.79. The highest BCUT2D eigenvalue weighted by molar-refractivity contribution is 6.32. The molecule has 1 atom stereocenters. The average Bonchev–Trinajstić information content (AvgIpc) is 2.19. The van der Waals surface area contributed by atoms with Gasteiger partial charge in [0.05, 0.1) is 11.7 Å². The van der Waals surface area contributed by atoms with Crippen LogP contribution in [0.2, 0.25) is 5.15 Å². The Morgan fingerprint density at radius 3 is 2.69 bits per heavy atom. The number of hydrogen-bond donors (Lipinski definition) is 2. The Morgan fingerprint density at radius 1 is 1.56 bits per heavy atom. The molecule has 1 aromatic heterocycles. The molecular formula is C11H16ClN3O. The summed E-state index contributed by atoms with van der Waals surface area (Å²) in [4.78, 5) is 15.7. The van der Waals surface area contributed by atoms with Crippen LogP contribution in [0.5, 0.6) is 0 Å². The van der Waals surface area contributed by atoms with Gasteiger partial charge in [-0.3, -0.25) is 4.79 Å². The summed E-state index contributed by atoms with van der Waals surface area (Å²) in [7, 11) is 0. The van der Waals surface area contributed by atoms with Crippen LogP contribution in [0.4, 0.5) is 5.69 Å². The lowest BCUT2D eigenvalue weighted by Gasteiger charge is -2.25. The largest absolute Gasteiger partial charge is 0.322 e. The van der Waals surface area contributed by atoms with E-state index in [0.717, 1.165) is 0 Å². The van der Waals surface area contributed by atoms with Crippen molar-refractivity contribution in [2.45, 2.75) is 26.8 Å². The van der Waals surface area contributed by atoms with Crippen LogP contribution >= 0.6 is 11.6 Å². The summed E-state index contributed by atoms with van der Waals surface area (Å²) < 4.78 is 0. The van der Waals surface area contributed by atoms with E-state index in [0.29, 0.717) is 5.69 Å². The molecule has 0 fully saturated rings. The summed E-state index contributed by atoms with van der Waals surface area (Å²) >= 11 is 5.82. The van der Waals surface area contributed by atoms with Gasteiger partial charge in [0.2, 0.25) is 5.91 Å². The first-order chi connectivity index (χ1) is 7.32. The number of hydrogen-bond acceptors (Lipinski definition) is 3. The van der Waals surface area contributed by atoms with Gasteiger partial charge in [0.15, 0.2) is 5.15 Å². The number of anilines is 1. The zero-order chi connectivity index (χ0) is 12.3. The van der Waals surface area contributed by atoms with E-state index in [1.54, 1.807) is 18.3 Å². The van der Waals surface area contributed by atoms with Gasteiger partial charge in [0.25, 0.3) is 0 Å². The standard InChI is InChI=1S/C11H16ClN3O/c1-11(2,3)8(13)10(16)15-7-5-4-6-14-9(7)12/h4-6,8H,13H2,1-3H3,(H,15,16)/t8-/m0/s1. The second-order valence-electron chi connectivity index (χ2n) is 4.67. The predicted molar refractivity (Wildman–Crippen MR) is 65.3 cm³/mol. The Morgan fingerprint density at radius 2 is 2.19 bits per heavy atom. The molecule has 1 aromatic rings. The maximum absolute atomic E-state index is 11.8. The van der Waals surface area contributed by atoms with Crippen molar-refractivity contribution in [3.8, 4) is 0 Å². The third kappa shape index (κ3) is 3.18. The van der Waals surface area contributed by atoms with Crippen LogP contribution in [0.15, 0.2) is 18.3 Å². The van der Waals surface area contributed by atoms with Gasteiger partial charge in [-0.1, -0.05) is 32.4 Å². The van der Waals surface area contributed by atoms with Gasteiger partial charge in [-0.25, -0.2) is 4.98 Å². The molecule has 16 heavy (non-hydrogen) atoms. The van der Waals surface area contributed by atoms with Gasteiger partial charge in [-0.15, -0.1) is 0 Å². The van der Waals surface area contributed by atoms with Gasteiger partial charge >= 0.3 is 0 Å². The molecule has 0 radical (unpaired) electrons. The number of nitrogens with one attached hydrogen (secondary N) is 1. The molecule has 3 N–H and O–H groups in total. The van der Waals surface area contributed by atoms with Gasteiger partial charge in [0, 0.05) is 6.20 Å². The monoisotopic (exact) mass is 241 g/mol. The fraction of sp³-hybridized carbons (Fsp3) is 0.455. The van der Waals surface area contributed by atoms with Crippen LogP contribution in [0.1, 0.15) is 20.8 Å². The zero-order valence-corrected chi connectivity index (χ0v) is 10.4. The van der Waals surface area contributed by atoms with E-state index in [1.165, 1.54) is 0 Å². The summed E-state index contributed by atoms with van der Waals surface area (Å²) in [5.41, 5.74) is 6.00. The van der Waals surface area contributed by atoms with Gasteiger partial charge in [0.1, 0.15) is 0 Å².